The van der Waals surface area contributed by atoms with Gasteiger partial charge >= 0.3 is 0 Å². The smallest absolute Gasteiger partial charge is 0.264 e. The third-order valence-corrected chi connectivity index (χ3v) is 4.75. The minimum atomic E-state index is -0.397. The molecule has 2 amide bonds. The van der Waals surface area contributed by atoms with Gasteiger partial charge in [0, 0.05) is 5.69 Å². The maximum Gasteiger partial charge on any atom is 0.264 e. The Bertz CT molecular complexity index is 720. The molecule has 0 aliphatic carbocycles. The van der Waals surface area contributed by atoms with Crippen molar-refractivity contribution in [3.63, 3.8) is 0 Å². The first kappa shape index (κ1) is 13.4. The van der Waals surface area contributed by atoms with Gasteiger partial charge in [0.2, 0.25) is 0 Å². The van der Waals surface area contributed by atoms with Crippen LogP contribution in [-0.4, -0.2) is 16.7 Å². The number of amides is 2. The van der Waals surface area contributed by atoms with E-state index < -0.39 is 5.91 Å². The zero-order valence-corrected chi connectivity index (χ0v) is 13.2. The van der Waals surface area contributed by atoms with Gasteiger partial charge < -0.3 is 10.2 Å². The molecule has 0 fully saturated rings. The molecule has 1 aromatic heterocycles. The summed E-state index contributed by atoms with van der Waals surface area (Å²) in [5, 5.41) is 0. The lowest BCUT2D eigenvalue weighted by molar-refractivity contribution is 0.0631. The first-order chi connectivity index (χ1) is 9.49. The third kappa shape index (κ3) is 1.97. The summed E-state index contributed by atoms with van der Waals surface area (Å²) in [4.78, 5) is 25.6. The van der Waals surface area contributed by atoms with Crippen LogP contribution in [0.4, 0.5) is 5.69 Å². The van der Waals surface area contributed by atoms with Gasteiger partial charge in [-0.3, -0.25) is 14.5 Å². The highest BCUT2D eigenvalue weighted by molar-refractivity contribution is 9.13. The molecule has 102 valence electrons. The fourth-order valence-corrected chi connectivity index (χ4v) is 2.79. The lowest BCUT2D eigenvalue weighted by atomic mass is 10.1. The summed E-state index contributed by atoms with van der Waals surface area (Å²) in [6.07, 6.45) is 0. The Morgan fingerprint density at radius 1 is 1.20 bits per heavy atom. The van der Waals surface area contributed by atoms with Crippen molar-refractivity contribution >= 4 is 49.4 Å². The number of rotatable bonds is 2. The molecule has 3 rings (SSSR count). The molecule has 2 aromatic rings. The summed E-state index contributed by atoms with van der Waals surface area (Å²) >= 11 is 6.50. The van der Waals surface area contributed by atoms with Crippen molar-refractivity contribution in [2.45, 2.75) is 6.54 Å². The number of nitrogen functional groups attached to an aromatic ring is 1. The van der Waals surface area contributed by atoms with Crippen LogP contribution in [0.5, 0.6) is 0 Å². The highest BCUT2D eigenvalue weighted by atomic mass is 79.9. The molecular formula is C13H8Br2N2O3. The summed E-state index contributed by atoms with van der Waals surface area (Å²) in [7, 11) is 0. The van der Waals surface area contributed by atoms with Crippen molar-refractivity contribution in [1.29, 1.82) is 0 Å². The zero-order valence-electron chi connectivity index (χ0n) is 10.0. The minimum absolute atomic E-state index is 0.0655. The van der Waals surface area contributed by atoms with Gasteiger partial charge in [-0.1, -0.05) is 6.07 Å². The van der Waals surface area contributed by atoms with Gasteiger partial charge in [-0.05, 0) is 50.1 Å². The Morgan fingerprint density at radius 2 is 1.95 bits per heavy atom. The van der Waals surface area contributed by atoms with E-state index in [-0.39, 0.29) is 18.0 Å². The monoisotopic (exact) mass is 398 g/mol. The number of hydrogen-bond acceptors (Lipinski definition) is 4. The van der Waals surface area contributed by atoms with Crippen molar-refractivity contribution in [3.05, 3.63) is 50.3 Å². The zero-order chi connectivity index (χ0) is 14.4. The fraction of sp³-hybridized carbons (Fsp3) is 0.0769. The van der Waals surface area contributed by atoms with Gasteiger partial charge in [-0.15, -0.1) is 0 Å². The van der Waals surface area contributed by atoms with Crippen LogP contribution < -0.4 is 5.73 Å². The van der Waals surface area contributed by atoms with E-state index in [9.17, 15) is 9.59 Å². The highest BCUT2D eigenvalue weighted by Gasteiger charge is 2.37. The van der Waals surface area contributed by atoms with Crippen LogP contribution in [-0.2, 0) is 6.54 Å². The summed E-state index contributed by atoms with van der Waals surface area (Å²) in [5.74, 6) is -0.260. The molecule has 7 heteroatoms. The third-order valence-electron chi connectivity index (χ3n) is 3.04. The minimum Gasteiger partial charge on any atom is -0.451 e. The first-order valence-corrected chi connectivity index (χ1v) is 7.26. The molecule has 2 N–H and O–H groups in total. The van der Waals surface area contributed by atoms with Gasteiger partial charge in [0.1, 0.15) is 5.76 Å². The topological polar surface area (TPSA) is 76.5 Å². The molecule has 0 saturated heterocycles. The van der Waals surface area contributed by atoms with Crippen LogP contribution in [0.1, 0.15) is 26.5 Å². The SMILES string of the molecule is Nc1cccc2c1C(=O)N(Cc1cc(Br)c(Br)o1)C2=O. The van der Waals surface area contributed by atoms with E-state index in [1.807, 2.05) is 0 Å². The van der Waals surface area contributed by atoms with Crippen LogP contribution in [0.3, 0.4) is 0 Å². The van der Waals surface area contributed by atoms with Gasteiger partial charge in [-0.2, -0.15) is 0 Å². The molecule has 0 bridgehead atoms. The molecule has 20 heavy (non-hydrogen) atoms. The molecule has 5 nitrogen and oxygen atoms in total. The van der Waals surface area contributed by atoms with Gasteiger partial charge in [0.25, 0.3) is 11.8 Å². The lowest BCUT2D eigenvalue weighted by Gasteiger charge is -2.11. The number of halogens is 2. The van der Waals surface area contributed by atoms with E-state index in [1.54, 1.807) is 24.3 Å². The number of furan rings is 1. The van der Waals surface area contributed by atoms with Crippen molar-refractivity contribution in [2.24, 2.45) is 0 Å². The Balaban J connectivity index is 1.96. The Morgan fingerprint density at radius 3 is 2.55 bits per heavy atom. The molecule has 0 radical (unpaired) electrons. The Hall–Kier alpha value is -1.60. The molecule has 0 saturated carbocycles. The molecular weight excluding hydrogens is 392 g/mol. The summed E-state index contributed by atoms with van der Waals surface area (Å²) in [6, 6.07) is 6.56. The van der Waals surface area contributed by atoms with Crippen LogP contribution in [0, 0.1) is 0 Å². The van der Waals surface area contributed by atoms with E-state index in [4.69, 9.17) is 10.2 Å². The number of anilines is 1. The van der Waals surface area contributed by atoms with Crippen LogP contribution in [0.15, 0.2) is 37.8 Å². The largest absolute Gasteiger partial charge is 0.451 e. The fourth-order valence-electron chi connectivity index (χ4n) is 2.13. The molecule has 1 aromatic carbocycles. The number of nitrogens with two attached hydrogens (primary N) is 1. The number of hydrogen-bond donors (Lipinski definition) is 1. The standard InChI is InChI=1S/C13H8Br2N2O3/c14-8-4-6(20-11(8)15)5-17-12(18)7-2-1-3-9(16)10(7)13(17)19/h1-4H,5,16H2. The second-order valence-corrected chi connectivity index (χ2v) is 5.88. The average molecular weight is 400 g/mol. The van der Waals surface area contributed by atoms with E-state index in [1.165, 1.54) is 0 Å². The van der Waals surface area contributed by atoms with Crippen molar-refractivity contribution in [3.8, 4) is 0 Å². The van der Waals surface area contributed by atoms with Gasteiger partial charge in [0.05, 0.1) is 22.1 Å². The summed E-state index contributed by atoms with van der Waals surface area (Å²) in [5.41, 5.74) is 6.68. The number of carbonyl (C=O) groups is 2. The number of nitrogens with zero attached hydrogens (tertiary/aromatic N) is 1. The second kappa shape index (κ2) is 4.75. The number of benzene rings is 1. The number of imide groups is 1. The normalized spacial score (nSPS) is 14.0. The Kier molecular flexibility index (Phi) is 3.18. The molecule has 2 heterocycles. The van der Waals surface area contributed by atoms with Crippen LogP contribution in [0.25, 0.3) is 0 Å². The predicted molar refractivity (Wildman–Crippen MR) is 79.2 cm³/mol. The second-order valence-electron chi connectivity index (χ2n) is 4.30. The Labute approximate surface area is 131 Å². The molecule has 1 aliphatic heterocycles. The van der Waals surface area contributed by atoms with Crippen molar-refractivity contribution < 1.29 is 14.0 Å². The highest BCUT2D eigenvalue weighted by Crippen LogP contribution is 2.31. The average Bonchev–Trinajstić information content (AvgIpc) is 2.84. The maximum atomic E-state index is 12.3. The molecule has 0 unspecified atom stereocenters. The predicted octanol–water partition coefficient (Wildman–Crippen LogP) is 3.18. The van der Waals surface area contributed by atoms with Gasteiger partial charge in [0.15, 0.2) is 4.67 Å². The lowest BCUT2D eigenvalue weighted by Crippen LogP contribution is -2.29. The van der Waals surface area contributed by atoms with Crippen molar-refractivity contribution in [1.82, 2.24) is 4.90 Å². The van der Waals surface area contributed by atoms with E-state index in [2.05, 4.69) is 31.9 Å². The number of fused-ring (bicyclic) bond motifs is 1. The molecule has 1 aliphatic rings. The summed E-state index contributed by atoms with van der Waals surface area (Å²) in [6.45, 7) is 0.0655. The van der Waals surface area contributed by atoms with E-state index >= 15 is 0 Å². The quantitative estimate of drug-likeness (QED) is 0.621. The molecule has 0 atom stereocenters. The molecule has 0 spiro atoms. The summed E-state index contributed by atoms with van der Waals surface area (Å²) < 4.78 is 6.64. The van der Waals surface area contributed by atoms with Crippen LogP contribution >= 0.6 is 31.9 Å². The first-order valence-electron chi connectivity index (χ1n) is 5.67. The van der Waals surface area contributed by atoms with Gasteiger partial charge in [-0.25, -0.2) is 0 Å². The van der Waals surface area contributed by atoms with E-state index in [0.717, 1.165) is 9.37 Å². The van der Waals surface area contributed by atoms with Crippen LogP contribution in [0.2, 0.25) is 0 Å². The number of carbonyl (C=O) groups excluding carboxylic acids is 2. The van der Waals surface area contributed by atoms with Crippen molar-refractivity contribution in [2.75, 3.05) is 5.73 Å². The van der Waals surface area contributed by atoms with E-state index in [0.29, 0.717) is 21.7 Å². The maximum absolute atomic E-state index is 12.3.